The summed E-state index contributed by atoms with van der Waals surface area (Å²) in [5.74, 6) is 0.528. The highest BCUT2D eigenvalue weighted by Gasteiger charge is 2.26. The molecule has 23 heavy (non-hydrogen) atoms. The first kappa shape index (κ1) is 14.4. The Balaban J connectivity index is 1.46. The number of hydrogen-bond donors (Lipinski definition) is 1. The second-order valence-electron chi connectivity index (χ2n) is 6.04. The third-order valence-electron chi connectivity index (χ3n) is 4.57. The van der Waals surface area contributed by atoms with Crippen molar-refractivity contribution in [2.75, 3.05) is 13.1 Å². The van der Waals surface area contributed by atoms with Crippen LogP contribution in [-0.4, -0.2) is 38.8 Å². The molecule has 118 valence electrons. The van der Waals surface area contributed by atoms with Gasteiger partial charge in [0.1, 0.15) is 12.0 Å². The van der Waals surface area contributed by atoms with E-state index >= 15 is 0 Å². The summed E-state index contributed by atoms with van der Waals surface area (Å²) < 4.78 is 1.14. The fraction of sp³-hybridized carbons (Fsp3) is 0.353. The van der Waals surface area contributed by atoms with Crippen LogP contribution in [0.3, 0.4) is 0 Å². The molecule has 1 saturated heterocycles. The maximum atomic E-state index is 12.7. The van der Waals surface area contributed by atoms with Crippen molar-refractivity contribution in [3.8, 4) is 0 Å². The maximum Gasteiger partial charge on any atom is 0.270 e. The number of H-pyrrole nitrogens is 1. The summed E-state index contributed by atoms with van der Waals surface area (Å²) in [6.07, 6.45) is 5.40. The summed E-state index contributed by atoms with van der Waals surface area (Å²) in [6.45, 7) is 3.61. The second-order valence-corrected chi connectivity index (χ2v) is 6.99. The molecule has 0 unspecified atom stereocenters. The number of aromatic amines is 1. The summed E-state index contributed by atoms with van der Waals surface area (Å²) in [5, 5.41) is 2.03. The van der Waals surface area contributed by atoms with E-state index in [1.807, 2.05) is 28.6 Å². The molecule has 4 heterocycles. The third-order valence-corrected chi connectivity index (χ3v) is 5.44. The molecule has 1 amide bonds. The number of aromatic nitrogens is 3. The van der Waals surface area contributed by atoms with E-state index in [4.69, 9.17) is 0 Å². The number of carbonyl (C=O) groups excluding carboxylic acids is 1. The zero-order valence-corrected chi connectivity index (χ0v) is 13.8. The smallest absolute Gasteiger partial charge is 0.270 e. The number of likely N-dealkylation sites (tertiary alicyclic amines) is 1. The normalized spacial score (nSPS) is 16.1. The van der Waals surface area contributed by atoms with Gasteiger partial charge in [-0.1, -0.05) is 0 Å². The lowest BCUT2D eigenvalue weighted by atomic mass is 9.91. The van der Waals surface area contributed by atoms with E-state index in [0.29, 0.717) is 11.6 Å². The number of carbonyl (C=O) groups is 1. The van der Waals surface area contributed by atoms with Gasteiger partial charge in [0.05, 0.1) is 10.2 Å². The summed E-state index contributed by atoms with van der Waals surface area (Å²) in [7, 11) is 0. The molecule has 4 rings (SSSR count). The number of nitrogens with one attached hydrogen (secondary N) is 1. The molecule has 6 heteroatoms. The number of fused-ring (bicyclic) bond motifs is 1. The van der Waals surface area contributed by atoms with Gasteiger partial charge in [-0.15, -0.1) is 11.3 Å². The number of thiophene rings is 1. The van der Waals surface area contributed by atoms with E-state index in [1.54, 1.807) is 17.7 Å². The largest absolute Gasteiger partial charge is 0.350 e. The lowest BCUT2D eigenvalue weighted by Crippen LogP contribution is -2.38. The Morgan fingerprint density at radius 2 is 2.22 bits per heavy atom. The molecule has 0 atom stereocenters. The number of aryl methyl sites for hydroxylation is 1. The number of amides is 1. The van der Waals surface area contributed by atoms with Crippen molar-refractivity contribution in [3.05, 3.63) is 47.0 Å². The lowest BCUT2D eigenvalue weighted by Gasteiger charge is -2.31. The molecular weight excluding hydrogens is 308 g/mol. The first-order valence-corrected chi connectivity index (χ1v) is 8.72. The molecule has 1 N–H and O–H groups in total. The minimum absolute atomic E-state index is 0.103. The molecule has 1 aliphatic rings. The van der Waals surface area contributed by atoms with E-state index in [-0.39, 0.29) is 5.91 Å². The van der Waals surface area contributed by atoms with Crippen LogP contribution in [0.5, 0.6) is 0 Å². The Bertz CT molecular complexity index is 817. The molecule has 0 aromatic carbocycles. The molecular formula is C17H18N4OS. The van der Waals surface area contributed by atoms with Crippen LogP contribution in [-0.2, 0) is 0 Å². The van der Waals surface area contributed by atoms with Crippen LogP contribution in [0.2, 0.25) is 0 Å². The van der Waals surface area contributed by atoms with E-state index in [0.717, 1.165) is 47.4 Å². The molecule has 0 aliphatic carbocycles. The third kappa shape index (κ3) is 2.63. The Labute approximate surface area is 138 Å². The Morgan fingerprint density at radius 1 is 1.39 bits per heavy atom. The quantitative estimate of drug-likeness (QED) is 0.785. The Morgan fingerprint density at radius 3 is 2.96 bits per heavy atom. The van der Waals surface area contributed by atoms with Crippen LogP contribution in [0.4, 0.5) is 0 Å². The Kier molecular flexibility index (Phi) is 3.61. The van der Waals surface area contributed by atoms with E-state index < -0.39 is 0 Å². The van der Waals surface area contributed by atoms with Crippen molar-refractivity contribution in [3.63, 3.8) is 0 Å². The number of piperidine rings is 1. The Hall–Kier alpha value is -2.21. The average molecular weight is 326 g/mol. The predicted octanol–water partition coefficient (Wildman–Crippen LogP) is 3.35. The summed E-state index contributed by atoms with van der Waals surface area (Å²) >= 11 is 1.66. The first-order valence-electron chi connectivity index (χ1n) is 7.84. The van der Waals surface area contributed by atoms with Crippen molar-refractivity contribution < 1.29 is 4.79 Å². The molecule has 0 bridgehead atoms. The van der Waals surface area contributed by atoms with Crippen LogP contribution in [0.15, 0.2) is 30.0 Å². The van der Waals surface area contributed by atoms with Gasteiger partial charge in [0.15, 0.2) is 0 Å². The average Bonchev–Trinajstić information content (AvgIpc) is 3.16. The van der Waals surface area contributed by atoms with Gasteiger partial charge >= 0.3 is 0 Å². The van der Waals surface area contributed by atoms with Crippen molar-refractivity contribution in [2.24, 2.45) is 0 Å². The number of hydrogen-bond acceptors (Lipinski definition) is 4. The van der Waals surface area contributed by atoms with Crippen molar-refractivity contribution in [2.45, 2.75) is 25.7 Å². The zero-order valence-electron chi connectivity index (χ0n) is 13.0. The topological polar surface area (TPSA) is 61.9 Å². The summed E-state index contributed by atoms with van der Waals surface area (Å²) in [4.78, 5) is 26.3. The fourth-order valence-electron chi connectivity index (χ4n) is 3.33. The van der Waals surface area contributed by atoms with Gasteiger partial charge in [0.2, 0.25) is 0 Å². The van der Waals surface area contributed by atoms with Crippen molar-refractivity contribution in [1.82, 2.24) is 19.9 Å². The highest BCUT2D eigenvalue weighted by Crippen LogP contribution is 2.29. The van der Waals surface area contributed by atoms with Crippen LogP contribution in [0.1, 0.15) is 40.5 Å². The van der Waals surface area contributed by atoms with Gasteiger partial charge in [-0.2, -0.15) is 0 Å². The maximum absolute atomic E-state index is 12.7. The summed E-state index contributed by atoms with van der Waals surface area (Å²) in [5.41, 5.74) is 4.02. The lowest BCUT2D eigenvalue weighted by molar-refractivity contribution is 0.0707. The first-order chi connectivity index (χ1) is 11.2. The zero-order chi connectivity index (χ0) is 15.8. The molecule has 0 spiro atoms. The van der Waals surface area contributed by atoms with Crippen molar-refractivity contribution >= 4 is 27.5 Å². The minimum Gasteiger partial charge on any atom is -0.350 e. The fourth-order valence-corrected chi connectivity index (χ4v) is 4.11. The standard InChI is InChI=1S/C17H18N4OS/c1-11-9-18-10-19-16(11)12-2-5-21(6-3-12)17(22)14-8-15-13(20-14)4-7-23-15/h4,7-10,12,20H,2-3,5-6H2,1H3. The molecule has 3 aromatic rings. The minimum atomic E-state index is 0.103. The number of nitrogens with zero attached hydrogens (tertiary/aromatic N) is 3. The summed E-state index contributed by atoms with van der Waals surface area (Å²) in [6, 6.07) is 3.98. The van der Waals surface area contributed by atoms with Gasteiger partial charge in [-0.3, -0.25) is 4.79 Å². The van der Waals surface area contributed by atoms with Gasteiger partial charge in [-0.25, -0.2) is 9.97 Å². The molecule has 1 fully saturated rings. The van der Waals surface area contributed by atoms with Crippen LogP contribution in [0.25, 0.3) is 10.2 Å². The number of rotatable bonds is 2. The monoisotopic (exact) mass is 326 g/mol. The molecule has 3 aromatic heterocycles. The molecule has 5 nitrogen and oxygen atoms in total. The molecule has 1 aliphatic heterocycles. The van der Waals surface area contributed by atoms with Gasteiger partial charge < -0.3 is 9.88 Å². The highest BCUT2D eigenvalue weighted by molar-refractivity contribution is 7.17. The predicted molar refractivity (Wildman–Crippen MR) is 90.8 cm³/mol. The molecule has 0 saturated carbocycles. The van der Waals surface area contributed by atoms with Crippen LogP contribution in [0, 0.1) is 6.92 Å². The van der Waals surface area contributed by atoms with Gasteiger partial charge in [-0.05, 0) is 42.8 Å². The van der Waals surface area contributed by atoms with Gasteiger partial charge in [0.25, 0.3) is 5.91 Å². The van der Waals surface area contributed by atoms with E-state index in [9.17, 15) is 4.79 Å². The molecule has 0 radical (unpaired) electrons. The van der Waals surface area contributed by atoms with Crippen LogP contribution < -0.4 is 0 Å². The SMILES string of the molecule is Cc1cncnc1C1CCN(C(=O)c2cc3sccc3[nH]2)CC1. The van der Waals surface area contributed by atoms with E-state index in [1.165, 1.54) is 0 Å². The highest BCUT2D eigenvalue weighted by atomic mass is 32.1. The second kappa shape index (κ2) is 5.77. The van der Waals surface area contributed by atoms with Crippen molar-refractivity contribution in [1.29, 1.82) is 0 Å². The van der Waals surface area contributed by atoms with Crippen LogP contribution >= 0.6 is 11.3 Å². The van der Waals surface area contributed by atoms with E-state index in [2.05, 4.69) is 21.9 Å². The van der Waals surface area contributed by atoms with Gasteiger partial charge in [0, 0.05) is 30.9 Å².